The number of ether oxygens (including phenoxy) is 3. The van der Waals surface area contributed by atoms with Gasteiger partial charge in [-0.25, -0.2) is 9.59 Å². The predicted octanol–water partition coefficient (Wildman–Crippen LogP) is 4.16. The number of aliphatic hydroxyl groups excluding tert-OH is 1. The number of nitrogens with one attached hydrogen (secondary N) is 2. The van der Waals surface area contributed by atoms with Crippen LogP contribution in [0.4, 0.5) is 0 Å². The summed E-state index contributed by atoms with van der Waals surface area (Å²) >= 11 is 0. The summed E-state index contributed by atoms with van der Waals surface area (Å²) in [4.78, 5) is 48.6. The molecule has 0 radical (unpaired) electrons. The second-order valence-electron chi connectivity index (χ2n) is 15.8. The smallest absolute Gasteiger partial charge is 0.338 e. The summed E-state index contributed by atoms with van der Waals surface area (Å²) in [7, 11) is 0. The molecule has 0 unspecified atom stereocenters. The van der Waals surface area contributed by atoms with Crippen molar-refractivity contribution in [1.29, 1.82) is 0 Å². The summed E-state index contributed by atoms with van der Waals surface area (Å²) in [6, 6.07) is 5.67. The summed E-state index contributed by atoms with van der Waals surface area (Å²) in [5.74, 6) is -1.53. The highest BCUT2D eigenvalue weighted by molar-refractivity contribution is 5.97. The molecule has 2 aromatic heterocycles. The molecular weight excluding hydrogens is 732 g/mol. The van der Waals surface area contributed by atoms with Crippen molar-refractivity contribution in [1.82, 2.24) is 30.2 Å². The van der Waals surface area contributed by atoms with Gasteiger partial charge in [-0.05, 0) is 112 Å². The molecule has 6 heterocycles. The highest BCUT2D eigenvalue weighted by Crippen LogP contribution is 2.39. The lowest BCUT2D eigenvalue weighted by atomic mass is 9.76. The van der Waals surface area contributed by atoms with Gasteiger partial charge in [0.2, 0.25) is 0 Å². The largest absolute Gasteiger partial charge is 0.478 e. The third-order valence-electron chi connectivity index (χ3n) is 12.0. The average molecular weight is 791 g/mol. The maximum atomic E-state index is 12.9. The lowest BCUT2D eigenvalue weighted by Crippen LogP contribution is -2.40. The third-order valence-corrected chi connectivity index (χ3v) is 12.0. The fourth-order valence-corrected chi connectivity index (χ4v) is 8.45. The Morgan fingerprint density at radius 2 is 1.19 bits per heavy atom. The number of rotatable bonds is 13. The molecule has 2 fully saturated rings. The molecule has 57 heavy (non-hydrogen) atoms. The van der Waals surface area contributed by atoms with Gasteiger partial charge < -0.3 is 35.1 Å². The summed E-state index contributed by atoms with van der Waals surface area (Å²) in [6.45, 7) is 10.3. The maximum absolute atomic E-state index is 12.9. The number of carbonyl (C=O) groups excluding carboxylic acids is 3. The van der Waals surface area contributed by atoms with Crippen LogP contribution in [0.3, 0.4) is 0 Å². The molecule has 0 aliphatic carbocycles. The van der Waals surface area contributed by atoms with Gasteiger partial charge in [0.05, 0.1) is 51.6 Å². The molecule has 0 saturated carbocycles. The molecule has 310 valence electrons. The number of carboxylic acid groups (broad SMARTS) is 1. The number of aromatic carboxylic acids is 1. The minimum absolute atomic E-state index is 0.00761. The van der Waals surface area contributed by atoms with Crippen LogP contribution in [-0.2, 0) is 53.0 Å². The first-order chi connectivity index (χ1) is 27.6. The van der Waals surface area contributed by atoms with E-state index in [1.165, 1.54) is 24.3 Å². The third kappa shape index (κ3) is 9.93. The van der Waals surface area contributed by atoms with Crippen molar-refractivity contribution in [3.8, 4) is 0 Å². The van der Waals surface area contributed by atoms with E-state index in [9.17, 15) is 19.2 Å². The van der Waals surface area contributed by atoms with Gasteiger partial charge in [0.25, 0.3) is 11.8 Å². The van der Waals surface area contributed by atoms with Crippen LogP contribution in [0.1, 0.15) is 129 Å². The molecule has 2 saturated heterocycles. The van der Waals surface area contributed by atoms with Crippen molar-refractivity contribution < 1.29 is 43.6 Å². The molecule has 15 nitrogen and oxygen atoms in total. The Kier molecular flexibility index (Phi) is 14.2. The summed E-state index contributed by atoms with van der Waals surface area (Å²) in [5.41, 5.74) is 5.87. The van der Waals surface area contributed by atoms with E-state index in [2.05, 4.69) is 10.6 Å². The molecule has 0 atom stereocenters. The zero-order valence-corrected chi connectivity index (χ0v) is 33.4. The first-order valence-corrected chi connectivity index (χ1v) is 20.6. The summed E-state index contributed by atoms with van der Waals surface area (Å²) < 4.78 is 20.4. The van der Waals surface area contributed by atoms with Crippen LogP contribution >= 0.6 is 0 Å². The monoisotopic (exact) mass is 790 g/mol. The number of hydrogen-bond acceptors (Lipinski definition) is 10. The second kappa shape index (κ2) is 19.2. The van der Waals surface area contributed by atoms with Crippen molar-refractivity contribution in [3.05, 3.63) is 69.3 Å². The van der Waals surface area contributed by atoms with E-state index in [0.29, 0.717) is 44.7 Å². The first kappa shape index (κ1) is 42.0. The second-order valence-corrected chi connectivity index (χ2v) is 15.8. The number of unbranched alkanes of at least 4 members (excludes halogenated alkanes) is 2. The van der Waals surface area contributed by atoms with Crippen molar-refractivity contribution >= 4 is 23.8 Å². The molecular formula is C42H58N6O9. The van der Waals surface area contributed by atoms with E-state index in [1.54, 1.807) is 0 Å². The fourth-order valence-electron chi connectivity index (χ4n) is 8.45. The zero-order valence-electron chi connectivity index (χ0n) is 33.4. The standard InChI is InChI=1S/C25H31N3O6.C17H27N3O3/c1-2-19-21-20(15-25(16-26-22(21)29)9-13-33-14-10-25)28(27-19)11-3-4-12-34-24(32)18-7-5-17(6-8-18)23(30)31;1-2-13-15-14(20(19-13)7-3-4-8-21)11-17(12-18-16(15)22)5-9-23-10-6-17/h5-8H,2-4,9-16H2,1H3,(H,26,29)(H,30,31);21H,2-12H2,1H3,(H,18,22). The Hall–Kier alpha value is -4.60. The van der Waals surface area contributed by atoms with Gasteiger partial charge >= 0.3 is 11.9 Å². The molecule has 4 aliphatic heterocycles. The number of carbonyl (C=O) groups is 4. The summed E-state index contributed by atoms with van der Waals surface area (Å²) in [5, 5.41) is 33.7. The van der Waals surface area contributed by atoms with Gasteiger partial charge in [-0.3, -0.25) is 19.0 Å². The Balaban J connectivity index is 0.000000208. The molecule has 0 bridgehead atoms. The molecule has 4 N–H and O–H groups in total. The molecule has 2 spiro atoms. The maximum Gasteiger partial charge on any atom is 0.338 e. The molecule has 15 heteroatoms. The number of amides is 2. The Labute approximate surface area is 333 Å². The van der Waals surface area contributed by atoms with E-state index in [-0.39, 0.29) is 41.4 Å². The van der Waals surface area contributed by atoms with E-state index >= 15 is 0 Å². The van der Waals surface area contributed by atoms with Crippen LogP contribution in [0, 0.1) is 10.8 Å². The number of carboxylic acids is 1. The van der Waals surface area contributed by atoms with Crippen LogP contribution in [-0.4, -0.2) is 106 Å². The van der Waals surface area contributed by atoms with Crippen LogP contribution in [0.5, 0.6) is 0 Å². The van der Waals surface area contributed by atoms with Crippen molar-refractivity contribution in [2.45, 2.75) is 104 Å². The number of esters is 1. The first-order valence-electron chi connectivity index (χ1n) is 20.6. The van der Waals surface area contributed by atoms with Crippen molar-refractivity contribution in [2.75, 3.05) is 52.7 Å². The Bertz CT molecular complexity index is 1870. The predicted molar refractivity (Wildman–Crippen MR) is 209 cm³/mol. The van der Waals surface area contributed by atoms with Gasteiger partial charge in [0.1, 0.15) is 0 Å². The number of aliphatic hydroxyl groups is 1. The van der Waals surface area contributed by atoms with Crippen molar-refractivity contribution in [3.63, 3.8) is 0 Å². The van der Waals surface area contributed by atoms with Crippen LogP contribution in [0.15, 0.2) is 24.3 Å². The average Bonchev–Trinajstić information content (AvgIpc) is 3.66. The molecule has 4 aliphatic rings. The fraction of sp³-hybridized carbons (Fsp3) is 0.619. The number of benzene rings is 1. The summed E-state index contributed by atoms with van der Waals surface area (Å²) in [6.07, 6.45) is 10.00. The number of fused-ring (bicyclic) bond motifs is 2. The minimum Gasteiger partial charge on any atom is -0.478 e. The number of aryl methyl sites for hydroxylation is 4. The van der Waals surface area contributed by atoms with Gasteiger partial charge in [0.15, 0.2) is 0 Å². The normalized spacial score (nSPS) is 18.3. The lowest BCUT2D eigenvalue weighted by molar-refractivity contribution is 0.0151. The van der Waals surface area contributed by atoms with Gasteiger partial charge in [-0.15, -0.1) is 0 Å². The van der Waals surface area contributed by atoms with E-state index in [1.807, 2.05) is 23.2 Å². The van der Waals surface area contributed by atoms with Crippen LogP contribution < -0.4 is 10.6 Å². The highest BCUT2D eigenvalue weighted by atomic mass is 16.5. The number of nitrogens with zero attached hydrogens (tertiary/aromatic N) is 4. The number of hydrogen-bond donors (Lipinski definition) is 4. The Morgan fingerprint density at radius 3 is 1.63 bits per heavy atom. The topological polar surface area (TPSA) is 196 Å². The van der Waals surface area contributed by atoms with Gasteiger partial charge in [0, 0.05) is 59.2 Å². The van der Waals surface area contributed by atoms with Gasteiger partial charge in [-0.2, -0.15) is 10.2 Å². The molecule has 7 rings (SSSR count). The minimum atomic E-state index is -1.04. The molecule has 2 amide bonds. The highest BCUT2D eigenvalue weighted by Gasteiger charge is 2.41. The molecule has 1 aromatic carbocycles. The van der Waals surface area contributed by atoms with E-state index in [0.717, 1.165) is 124 Å². The molecule has 3 aromatic rings. The quantitative estimate of drug-likeness (QED) is 0.143. The Morgan fingerprint density at radius 1 is 0.737 bits per heavy atom. The SMILES string of the molecule is CCc1nn(CCCCO)c2c1C(=O)NCC1(CCOCC1)C2.CCc1nn(CCCCOC(=O)c2ccc(C(=O)O)cc2)c2c1C(=O)NCC1(CCOCC1)C2. The van der Waals surface area contributed by atoms with E-state index in [4.69, 9.17) is 34.6 Å². The zero-order chi connectivity index (χ0) is 40.4. The van der Waals surface area contributed by atoms with Crippen LogP contribution in [0.25, 0.3) is 0 Å². The van der Waals surface area contributed by atoms with Gasteiger partial charge in [-0.1, -0.05) is 13.8 Å². The van der Waals surface area contributed by atoms with Crippen LogP contribution in [0.2, 0.25) is 0 Å². The van der Waals surface area contributed by atoms with Crippen molar-refractivity contribution in [2.24, 2.45) is 10.8 Å². The lowest BCUT2D eigenvalue weighted by Gasteiger charge is -2.36. The number of aromatic nitrogens is 4. The van der Waals surface area contributed by atoms with E-state index < -0.39 is 11.9 Å².